The Hall–Kier alpha value is -3.74. The monoisotopic (exact) mass is 446 g/mol. The first kappa shape index (κ1) is 22.5. The van der Waals surface area contributed by atoms with Crippen molar-refractivity contribution in [2.45, 2.75) is 19.3 Å². The van der Waals surface area contributed by atoms with E-state index in [-0.39, 0.29) is 0 Å². The maximum atomic E-state index is 5.81. The molecule has 7 heteroatoms. The van der Waals surface area contributed by atoms with Gasteiger partial charge in [-0.1, -0.05) is 24.3 Å². The van der Waals surface area contributed by atoms with Crippen LogP contribution in [0.1, 0.15) is 18.5 Å². The van der Waals surface area contributed by atoms with Crippen molar-refractivity contribution < 1.29 is 14.2 Å². The van der Waals surface area contributed by atoms with Crippen molar-refractivity contribution >= 4 is 11.6 Å². The number of guanidine groups is 1. The Kier molecular flexibility index (Phi) is 8.39. The molecule has 0 aliphatic carbocycles. The number of aromatic nitrogens is 1. The molecule has 3 aromatic rings. The van der Waals surface area contributed by atoms with Gasteiger partial charge in [0.15, 0.2) is 17.5 Å². The van der Waals surface area contributed by atoms with Gasteiger partial charge in [-0.05, 0) is 36.4 Å². The molecule has 7 nitrogen and oxygen atoms in total. The van der Waals surface area contributed by atoms with E-state index in [1.54, 1.807) is 0 Å². The van der Waals surface area contributed by atoms with Gasteiger partial charge in [-0.25, -0.2) is 0 Å². The zero-order chi connectivity index (χ0) is 22.6. The van der Waals surface area contributed by atoms with Crippen molar-refractivity contribution in [1.82, 2.24) is 10.3 Å². The lowest BCUT2D eigenvalue weighted by Gasteiger charge is -2.15. The number of pyridine rings is 1. The summed E-state index contributed by atoms with van der Waals surface area (Å²) in [6.07, 6.45) is 4.31. The van der Waals surface area contributed by atoms with Crippen LogP contribution < -0.4 is 24.8 Å². The van der Waals surface area contributed by atoms with Crippen LogP contribution in [0.5, 0.6) is 17.2 Å². The van der Waals surface area contributed by atoms with Gasteiger partial charge in [0.05, 0.1) is 19.8 Å². The Morgan fingerprint density at radius 2 is 1.82 bits per heavy atom. The van der Waals surface area contributed by atoms with E-state index < -0.39 is 0 Å². The van der Waals surface area contributed by atoms with Gasteiger partial charge >= 0.3 is 0 Å². The van der Waals surface area contributed by atoms with E-state index in [9.17, 15) is 0 Å². The lowest BCUT2D eigenvalue weighted by atomic mass is 10.2. The summed E-state index contributed by atoms with van der Waals surface area (Å²) in [5.74, 6) is 3.11. The Labute approximate surface area is 194 Å². The van der Waals surface area contributed by atoms with Crippen molar-refractivity contribution in [3.63, 3.8) is 0 Å². The summed E-state index contributed by atoms with van der Waals surface area (Å²) in [7, 11) is 0. The summed E-state index contributed by atoms with van der Waals surface area (Å²) >= 11 is 0. The lowest BCUT2D eigenvalue weighted by Crippen LogP contribution is -2.33. The molecule has 0 bridgehead atoms. The second-order valence-electron chi connectivity index (χ2n) is 7.58. The number of fused-ring (bicyclic) bond motifs is 1. The minimum absolute atomic E-state index is 0.610. The summed E-state index contributed by atoms with van der Waals surface area (Å²) in [6.45, 7) is 3.29. The van der Waals surface area contributed by atoms with Gasteiger partial charge < -0.3 is 24.8 Å². The summed E-state index contributed by atoms with van der Waals surface area (Å²) in [4.78, 5) is 9.12. The van der Waals surface area contributed by atoms with Crippen LogP contribution in [-0.2, 0) is 6.42 Å². The molecule has 33 heavy (non-hydrogen) atoms. The highest BCUT2D eigenvalue weighted by Crippen LogP contribution is 2.32. The molecule has 0 radical (unpaired) electrons. The van der Waals surface area contributed by atoms with Crippen LogP contribution in [0.2, 0.25) is 0 Å². The first-order valence-corrected chi connectivity index (χ1v) is 11.4. The Bertz CT molecular complexity index is 1010. The van der Waals surface area contributed by atoms with Crippen LogP contribution >= 0.6 is 0 Å². The third-order valence-electron chi connectivity index (χ3n) is 4.99. The van der Waals surface area contributed by atoms with Gasteiger partial charge in [0.25, 0.3) is 0 Å². The molecule has 0 saturated carbocycles. The highest BCUT2D eigenvalue weighted by molar-refractivity contribution is 5.94. The number of nitrogens with one attached hydrogen (secondary N) is 2. The molecule has 0 unspecified atom stereocenters. The highest BCUT2D eigenvalue weighted by Gasteiger charge is 2.11. The predicted molar refractivity (Wildman–Crippen MR) is 130 cm³/mol. The zero-order valence-corrected chi connectivity index (χ0v) is 18.7. The summed E-state index contributed by atoms with van der Waals surface area (Å²) in [5.41, 5.74) is 1.93. The van der Waals surface area contributed by atoms with E-state index in [4.69, 9.17) is 19.2 Å². The average Bonchev–Trinajstić information content (AvgIpc) is 3.10. The van der Waals surface area contributed by atoms with Crippen molar-refractivity contribution in [2.24, 2.45) is 4.99 Å². The number of hydrogen-bond donors (Lipinski definition) is 2. The molecule has 1 aliphatic heterocycles. The normalized spacial score (nSPS) is 13.2. The summed E-state index contributed by atoms with van der Waals surface area (Å²) in [5, 5.41) is 6.79. The fourth-order valence-electron chi connectivity index (χ4n) is 3.33. The third-order valence-corrected chi connectivity index (χ3v) is 4.99. The highest BCUT2D eigenvalue weighted by atomic mass is 16.5. The molecule has 0 fully saturated rings. The van der Waals surface area contributed by atoms with Crippen LogP contribution in [0.3, 0.4) is 0 Å². The fourth-order valence-corrected chi connectivity index (χ4v) is 3.33. The Morgan fingerprint density at radius 3 is 2.67 bits per heavy atom. The number of anilines is 1. The predicted octanol–water partition coefficient (Wildman–Crippen LogP) is 4.31. The van der Waals surface area contributed by atoms with Gasteiger partial charge in [-0.2, -0.15) is 0 Å². The van der Waals surface area contributed by atoms with E-state index in [0.29, 0.717) is 38.9 Å². The fraction of sp³-hybridized carbons (Fsp3) is 0.308. The SMILES string of the molecule is c1ccc(OCCCN=C(NCCc2ccccn2)Nc2ccc3c(c2)OCCCO3)cc1. The largest absolute Gasteiger partial charge is 0.494 e. The molecule has 1 aliphatic rings. The molecule has 2 N–H and O–H groups in total. The van der Waals surface area contributed by atoms with Crippen molar-refractivity contribution in [2.75, 3.05) is 38.2 Å². The maximum Gasteiger partial charge on any atom is 0.195 e. The van der Waals surface area contributed by atoms with Crippen molar-refractivity contribution in [1.29, 1.82) is 0 Å². The average molecular weight is 447 g/mol. The number of hydrogen-bond acceptors (Lipinski definition) is 5. The van der Waals surface area contributed by atoms with Crippen LogP contribution in [0.15, 0.2) is 77.9 Å². The maximum absolute atomic E-state index is 5.81. The van der Waals surface area contributed by atoms with Crippen LogP contribution in [0, 0.1) is 0 Å². The molecule has 2 heterocycles. The van der Waals surface area contributed by atoms with E-state index >= 15 is 0 Å². The molecule has 0 amide bonds. The molecule has 0 spiro atoms. The summed E-state index contributed by atoms with van der Waals surface area (Å²) < 4.78 is 17.3. The molecule has 0 saturated heterocycles. The second-order valence-corrected chi connectivity index (χ2v) is 7.58. The zero-order valence-electron chi connectivity index (χ0n) is 18.7. The van der Waals surface area contributed by atoms with Crippen molar-refractivity contribution in [3.05, 3.63) is 78.6 Å². The molecular weight excluding hydrogens is 416 g/mol. The van der Waals surface area contributed by atoms with Gasteiger partial charge in [0.2, 0.25) is 0 Å². The number of benzene rings is 2. The number of para-hydroxylation sites is 1. The first-order chi connectivity index (χ1) is 16.4. The Balaban J connectivity index is 1.34. The van der Waals surface area contributed by atoms with E-state index in [1.165, 1.54) is 0 Å². The molecular formula is C26H30N4O3. The molecule has 0 atom stereocenters. The first-order valence-electron chi connectivity index (χ1n) is 11.4. The van der Waals surface area contributed by atoms with Gasteiger partial charge in [0.1, 0.15) is 5.75 Å². The van der Waals surface area contributed by atoms with Gasteiger partial charge in [0, 0.05) is 56.0 Å². The smallest absolute Gasteiger partial charge is 0.195 e. The molecule has 172 valence electrons. The number of rotatable bonds is 9. The van der Waals surface area contributed by atoms with Crippen LogP contribution in [0.25, 0.3) is 0 Å². The van der Waals surface area contributed by atoms with E-state index in [2.05, 4.69) is 15.6 Å². The third kappa shape index (κ3) is 7.42. The van der Waals surface area contributed by atoms with Crippen molar-refractivity contribution in [3.8, 4) is 17.2 Å². The van der Waals surface area contributed by atoms with Gasteiger partial charge in [-0.15, -0.1) is 0 Å². The quantitative estimate of drug-likeness (QED) is 0.290. The minimum atomic E-state index is 0.610. The second kappa shape index (κ2) is 12.3. The van der Waals surface area contributed by atoms with Gasteiger partial charge in [-0.3, -0.25) is 9.98 Å². The van der Waals surface area contributed by atoms with E-state index in [1.807, 2.05) is 72.9 Å². The molecule has 4 rings (SSSR count). The van der Waals surface area contributed by atoms with Crippen LogP contribution in [-0.4, -0.2) is 43.9 Å². The van der Waals surface area contributed by atoms with E-state index in [0.717, 1.165) is 47.9 Å². The molecule has 2 aromatic carbocycles. The number of ether oxygens (including phenoxy) is 3. The standard InChI is InChI=1S/C26H30N4O3/c1-2-9-23(10-3-1)31-17-6-15-28-26(29-16-13-21-8-4-5-14-27-21)30-22-11-12-24-25(20-22)33-19-7-18-32-24/h1-5,8-12,14,20H,6-7,13,15-19H2,(H2,28,29,30). The summed E-state index contributed by atoms with van der Waals surface area (Å²) in [6, 6.07) is 21.6. The topological polar surface area (TPSA) is 77.0 Å². The van der Waals surface area contributed by atoms with Crippen LogP contribution in [0.4, 0.5) is 5.69 Å². The lowest BCUT2D eigenvalue weighted by molar-refractivity contribution is 0.297. The number of aliphatic imine (C=N–C) groups is 1. The molecule has 1 aromatic heterocycles. The Morgan fingerprint density at radius 1 is 0.970 bits per heavy atom. The number of nitrogens with zero attached hydrogens (tertiary/aromatic N) is 2. The minimum Gasteiger partial charge on any atom is -0.494 e.